The summed E-state index contributed by atoms with van der Waals surface area (Å²) < 4.78 is 15.9. The topological polar surface area (TPSA) is 108 Å². The third kappa shape index (κ3) is 5.69. The Labute approximate surface area is 173 Å². The molecule has 0 aliphatic carbocycles. The molecule has 2 aromatic carbocycles. The van der Waals surface area contributed by atoms with Gasteiger partial charge >= 0.3 is 12.2 Å². The van der Waals surface area contributed by atoms with Gasteiger partial charge in [-0.1, -0.05) is 30.3 Å². The average Bonchev–Trinajstić information content (AvgIpc) is 2.72. The van der Waals surface area contributed by atoms with Crippen LogP contribution in [0.3, 0.4) is 0 Å². The third-order valence-corrected chi connectivity index (χ3v) is 4.70. The van der Waals surface area contributed by atoms with Crippen LogP contribution in [-0.4, -0.2) is 40.8 Å². The van der Waals surface area contributed by atoms with Crippen molar-refractivity contribution in [3.8, 4) is 5.75 Å². The van der Waals surface area contributed by atoms with Crippen LogP contribution in [-0.2, 0) is 16.1 Å². The molecule has 0 N–H and O–H groups in total. The van der Waals surface area contributed by atoms with Crippen LogP contribution in [0, 0.1) is 10.1 Å². The number of ether oxygens (including phenoxy) is 3. The van der Waals surface area contributed by atoms with Gasteiger partial charge in [0.05, 0.1) is 11.5 Å². The van der Waals surface area contributed by atoms with E-state index in [1.165, 1.54) is 29.2 Å². The van der Waals surface area contributed by atoms with Gasteiger partial charge in [-0.3, -0.25) is 10.1 Å². The monoisotopic (exact) mass is 414 g/mol. The van der Waals surface area contributed by atoms with Gasteiger partial charge in [0.2, 0.25) is 0 Å². The van der Waals surface area contributed by atoms with Crippen LogP contribution in [0.25, 0.3) is 0 Å². The highest BCUT2D eigenvalue weighted by atomic mass is 16.7. The molecular formula is C21H22N2O7. The minimum Gasteiger partial charge on any atom is -0.445 e. The predicted molar refractivity (Wildman–Crippen MR) is 106 cm³/mol. The van der Waals surface area contributed by atoms with Crippen molar-refractivity contribution in [1.29, 1.82) is 0 Å². The number of non-ortho nitro benzene ring substituents is 1. The Bertz CT molecular complexity index is 901. The zero-order valence-electron chi connectivity index (χ0n) is 16.5. The fourth-order valence-corrected chi connectivity index (χ4v) is 3.21. The Morgan fingerprint density at radius 2 is 1.83 bits per heavy atom. The molecule has 1 saturated heterocycles. The van der Waals surface area contributed by atoms with Crippen LogP contribution in [0.15, 0.2) is 54.6 Å². The van der Waals surface area contributed by atoms with E-state index < -0.39 is 22.8 Å². The van der Waals surface area contributed by atoms with Gasteiger partial charge in [-0.25, -0.2) is 9.59 Å². The normalized spacial score (nSPS) is 18.4. The number of piperidine rings is 1. The molecule has 0 spiro atoms. The molecule has 1 aliphatic rings. The zero-order chi connectivity index (χ0) is 21.6. The van der Waals surface area contributed by atoms with Gasteiger partial charge in [-0.2, -0.15) is 0 Å². The van der Waals surface area contributed by atoms with Crippen LogP contribution >= 0.6 is 0 Å². The van der Waals surface area contributed by atoms with Crippen LogP contribution in [0.1, 0.15) is 25.3 Å². The van der Waals surface area contributed by atoms with Gasteiger partial charge in [0.15, 0.2) is 0 Å². The lowest BCUT2D eigenvalue weighted by Crippen LogP contribution is -2.51. The molecule has 1 aliphatic heterocycles. The Balaban J connectivity index is 1.52. The minimum absolute atomic E-state index is 0.111. The van der Waals surface area contributed by atoms with Crippen LogP contribution in [0.4, 0.5) is 15.3 Å². The van der Waals surface area contributed by atoms with Crippen molar-refractivity contribution in [1.82, 2.24) is 4.90 Å². The summed E-state index contributed by atoms with van der Waals surface area (Å²) in [5.74, 6) is 0.129. The first-order chi connectivity index (χ1) is 14.3. The molecule has 158 valence electrons. The molecule has 1 amide bonds. The second kappa shape index (κ2) is 9.25. The van der Waals surface area contributed by atoms with Crippen molar-refractivity contribution >= 4 is 17.9 Å². The fraction of sp³-hybridized carbons (Fsp3) is 0.333. The van der Waals surface area contributed by atoms with Crippen LogP contribution in [0.2, 0.25) is 0 Å². The van der Waals surface area contributed by atoms with Gasteiger partial charge in [-0.05, 0) is 37.5 Å². The van der Waals surface area contributed by atoms with E-state index in [9.17, 15) is 19.7 Å². The maximum absolute atomic E-state index is 12.4. The third-order valence-electron chi connectivity index (χ3n) is 4.70. The Hall–Kier alpha value is -3.62. The highest BCUT2D eigenvalue weighted by Gasteiger charge is 2.37. The molecule has 0 radical (unpaired) electrons. The molecule has 1 fully saturated rings. The van der Waals surface area contributed by atoms with Gasteiger partial charge in [0.1, 0.15) is 18.0 Å². The Kier molecular flexibility index (Phi) is 6.51. The van der Waals surface area contributed by atoms with Crippen molar-refractivity contribution in [2.45, 2.75) is 32.0 Å². The fourth-order valence-electron chi connectivity index (χ4n) is 3.21. The summed E-state index contributed by atoms with van der Waals surface area (Å²) in [5.41, 5.74) is -0.157. The van der Waals surface area contributed by atoms with Crippen LogP contribution in [0.5, 0.6) is 5.75 Å². The van der Waals surface area contributed by atoms with E-state index >= 15 is 0 Å². The maximum Gasteiger partial charge on any atom is 0.514 e. The molecule has 0 bridgehead atoms. The number of carbonyl (C=O) groups excluding carboxylic acids is 2. The Morgan fingerprint density at radius 1 is 1.13 bits per heavy atom. The summed E-state index contributed by atoms with van der Waals surface area (Å²) in [6.45, 7) is 2.57. The number of nitro groups is 1. The van der Waals surface area contributed by atoms with E-state index in [0.29, 0.717) is 19.4 Å². The van der Waals surface area contributed by atoms with Crippen molar-refractivity contribution < 1.29 is 28.7 Å². The largest absolute Gasteiger partial charge is 0.514 e. The van der Waals surface area contributed by atoms with Gasteiger partial charge in [0.25, 0.3) is 5.69 Å². The number of amides is 1. The number of carbonyl (C=O) groups is 2. The van der Waals surface area contributed by atoms with Crippen molar-refractivity contribution in [2.24, 2.45) is 0 Å². The molecule has 1 atom stereocenters. The lowest BCUT2D eigenvalue weighted by Gasteiger charge is -2.38. The first-order valence-electron chi connectivity index (χ1n) is 9.46. The van der Waals surface area contributed by atoms with E-state index in [0.717, 1.165) is 5.56 Å². The minimum atomic E-state index is -0.939. The number of nitro benzene ring substituents is 1. The van der Waals surface area contributed by atoms with E-state index in [1.807, 2.05) is 30.3 Å². The van der Waals surface area contributed by atoms with Gasteiger partial charge in [0, 0.05) is 18.7 Å². The van der Waals surface area contributed by atoms with E-state index in [2.05, 4.69) is 0 Å². The molecule has 3 rings (SSSR count). The second-order valence-corrected chi connectivity index (χ2v) is 7.22. The summed E-state index contributed by atoms with van der Waals surface area (Å²) in [6.07, 6.45) is -0.213. The molecule has 2 aromatic rings. The summed E-state index contributed by atoms with van der Waals surface area (Å²) in [4.78, 5) is 36.2. The first kappa shape index (κ1) is 21.1. The second-order valence-electron chi connectivity index (χ2n) is 7.22. The maximum atomic E-state index is 12.4. The van der Waals surface area contributed by atoms with Gasteiger partial charge in [-0.15, -0.1) is 0 Å². The number of nitrogens with zero attached hydrogens (tertiary/aromatic N) is 2. The predicted octanol–water partition coefficient (Wildman–Crippen LogP) is 4.30. The molecular weight excluding hydrogens is 392 g/mol. The van der Waals surface area contributed by atoms with Crippen molar-refractivity contribution in [3.05, 3.63) is 70.3 Å². The van der Waals surface area contributed by atoms with Crippen molar-refractivity contribution in [3.63, 3.8) is 0 Å². The molecule has 9 nitrogen and oxygen atoms in total. The number of hydrogen-bond acceptors (Lipinski definition) is 7. The molecule has 9 heteroatoms. The lowest BCUT2D eigenvalue weighted by molar-refractivity contribution is -0.384. The molecule has 0 aromatic heterocycles. The summed E-state index contributed by atoms with van der Waals surface area (Å²) in [5, 5.41) is 10.7. The highest BCUT2D eigenvalue weighted by molar-refractivity contribution is 5.68. The van der Waals surface area contributed by atoms with Crippen LogP contribution < -0.4 is 4.74 Å². The average molecular weight is 414 g/mol. The molecule has 0 unspecified atom stereocenters. The SMILES string of the molecule is C[C@@]1(OC(=O)Oc2ccc([N+](=O)[O-])cc2)CCCN(C(=O)OCc2ccccc2)C1. The lowest BCUT2D eigenvalue weighted by atomic mass is 9.95. The summed E-state index contributed by atoms with van der Waals surface area (Å²) in [7, 11) is 0. The standard InChI is InChI=1S/C21H22N2O7/c1-21(30-20(25)29-18-10-8-17(9-11-18)23(26)27)12-5-13-22(15-21)19(24)28-14-16-6-3-2-4-7-16/h2-4,6-11H,5,12-15H2,1H3/t21-/m1/s1. The number of likely N-dealkylation sites (tertiary alicyclic amines) is 1. The first-order valence-corrected chi connectivity index (χ1v) is 9.46. The van der Waals surface area contributed by atoms with Gasteiger partial charge < -0.3 is 19.1 Å². The van der Waals surface area contributed by atoms with E-state index in [4.69, 9.17) is 14.2 Å². The van der Waals surface area contributed by atoms with E-state index in [-0.39, 0.29) is 24.6 Å². The Morgan fingerprint density at radius 3 is 2.50 bits per heavy atom. The van der Waals surface area contributed by atoms with Crippen molar-refractivity contribution in [2.75, 3.05) is 13.1 Å². The highest BCUT2D eigenvalue weighted by Crippen LogP contribution is 2.27. The zero-order valence-corrected chi connectivity index (χ0v) is 16.5. The number of hydrogen-bond donors (Lipinski definition) is 0. The number of rotatable bonds is 5. The molecule has 1 heterocycles. The van der Waals surface area contributed by atoms with E-state index in [1.54, 1.807) is 6.92 Å². The quantitative estimate of drug-likeness (QED) is 0.310. The molecule has 30 heavy (non-hydrogen) atoms. The summed E-state index contributed by atoms with van der Waals surface area (Å²) in [6, 6.07) is 14.4. The molecule has 0 saturated carbocycles. The smallest absolute Gasteiger partial charge is 0.445 e. The number of benzene rings is 2. The summed E-state index contributed by atoms with van der Waals surface area (Å²) >= 11 is 0.